The van der Waals surface area contributed by atoms with Gasteiger partial charge >= 0.3 is 0 Å². The topological polar surface area (TPSA) is 49.3 Å². The van der Waals surface area contributed by atoms with E-state index >= 15 is 0 Å². The first-order valence-electron chi connectivity index (χ1n) is 7.35. The largest absolute Gasteiger partial charge is 0.383 e. The second-order valence-corrected chi connectivity index (χ2v) is 8.32. The van der Waals surface area contributed by atoms with Crippen LogP contribution in [0.1, 0.15) is 12.8 Å². The molecular weight excluding hydrogens is 317 g/mol. The average Bonchev–Trinajstić information content (AvgIpc) is 3.09. The van der Waals surface area contributed by atoms with E-state index in [0.29, 0.717) is 0 Å². The molecule has 3 nitrogen and oxygen atoms in total. The third-order valence-corrected chi connectivity index (χ3v) is 7.35. The van der Waals surface area contributed by atoms with Crippen molar-refractivity contribution in [3.63, 3.8) is 0 Å². The molecule has 0 radical (unpaired) electrons. The second kappa shape index (κ2) is 7.43. The summed E-state index contributed by atoms with van der Waals surface area (Å²) in [6.07, 6.45) is 1.89. The number of hydrogen-bond acceptors (Lipinski definition) is 3. The van der Waals surface area contributed by atoms with E-state index in [0.717, 1.165) is 30.0 Å². The fraction of sp³-hybridized carbons (Fsp3) is 0.294. The van der Waals surface area contributed by atoms with Crippen LogP contribution in [0, 0.1) is 0 Å². The lowest BCUT2D eigenvalue weighted by Crippen LogP contribution is -2.39. The summed E-state index contributed by atoms with van der Waals surface area (Å²) < 4.78 is 13.8. The first-order valence-corrected chi connectivity index (χ1v) is 9.13. The van der Waals surface area contributed by atoms with Crippen molar-refractivity contribution in [1.29, 1.82) is 0 Å². The highest BCUT2D eigenvalue weighted by molar-refractivity contribution is 7.79. The van der Waals surface area contributed by atoms with Crippen LogP contribution in [-0.4, -0.2) is 23.5 Å². The van der Waals surface area contributed by atoms with Crippen LogP contribution in [0.15, 0.2) is 60.7 Å². The number of nitrogens with one attached hydrogen (secondary N) is 1. The molecule has 0 aliphatic carbocycles. The van der Waals surface area contributed by atoms with Crippen LogP contribution in [-0.2, 0) is 4.57 Å². The van der Waals surface area contributed by atoms with Crippen LogP contribution in [0.25, 0.3) is 0 Å². The summed E-state index contributed by atoms with van der Waals surface area (Å²) in [5, 5.41) is 15.6. The molecule has 118 valence electrons. The zero-order chi connectivity index (χ0) is 14.7. The number of rotatable bonds is 4. The van der Waals surface area contributed by atoms with Crippen molar-refractivity contribution in [1.82, 2.24) is 5.32 Å². The molecule has 1 aliphatic rings. The van der Waals surface area contributed by atoms with Gasteiger partial charge < -0.3 is 15.0 Å². The summed E-state index contributed by atoms with van der Waals surface area (Å²) in [5.41, 5.74) is 0. The maximum absolute atomic E-state index is 13.8. The molecule has 0 unspecified atom stereocenters. The molecule has 1 heterocycles. The van der Waals surface area contributed by atoms with Crippen molar-refractivity contribution in [2.45, 2.75) is 24.7 Å². The van der Waals surface area contributed by atoms with Crippen molar-refractivity contribution in [2.24, 2.45) is 0 Å². The van der Waals surface area contributed by atoms with Gasteiger partial charge in [-0.05, 0) is 19.4 Å². The smallest absolute Gasteiger partial charge is 0.171 e. The Morgan fingerprint density at radius 2 is 1.50 bits per heavy atom. The highest BCUT2D eigenvalue weighted by Crippen LogP contribution is 2.49. The summed E-state index contributed by atoms with van der Waals surface area (Å²) in [7, 11) is -3.07. The van der Waals surface area contributed by atoms with Gasteiger partial charge in [-0.15, -0.1) is 12.4 Å². The molecule has 2 N–H and O–H groups in total. The second-order valence-electron chi connectivity index (χ2n) is 5.45. The van der Waals surface area contributed by atoms with E-state index in [1.165, 1.54) is 0 Å². The van der Waals surface area contributed by atoms with Gasteiger partial charge in [0.1, 0.15) is 5.85 Å². The molecule has 3 rings (SSSR count). The van der Waals surface area contributed by atoms with Gasteiger partial charge in [0.2, 0.25) is 0 Å². The monoisotopic (exact) mass is 337 g/mol. The van der Waals surface area contributed by atoms with Crippen molar-refractivity contribution >= 4 is 30.2 Å². The number of hydrogen-bond donors (Lipinski definition) is 2. The van der Waals surface area contributed by atoms with Crippen LogP contribution in [0.3, 0.4) is 0 Å². The quantitative estimate of drug-likeness (QED) is 0.843. The summed E-state index contributed by atoms with van der Waals surface area (Å²) in [5.74, 6) is -0.884. The lowest BCUT2D eigenvalue weighted by atomic mass is 10.2. The molecule has 0 amide bonds. The average molecular weight is 338 g/mol. The summed E-state index contributed by atoms with van der Waals surface area (Å²) >= 11 is 0. The predicted octanol–water partition coefficient (Wildman–Crippen LogP) is 2.49. The Hall–Kier alpha value is -1.12. The maximum atomic E-state index is 13.8. The fourth-order valence-electron chi connectivity index (χ4n) is 2.97. The molecular formula is C17H21ClNO2P. The summed E-state index contributed by atoms with van der Waals surface area (Å²) in [6.45, 7) is 0.880. The van der Waals surface area contributed by atoms with Gasteiger partial charge in [0, 0.05) is 16.7 Å². The normalized spacial score (nSPS) is 19.4. The van der Waals surface area contributed by atoms with Crippen molar-refractivity contribution in [3.05, 3.63) is 60.7 Å². The number of benzene rings is 2. The Morgan fingerprint density at radius 3 is 1.91 bits per heavy atom. The number of aliphatic hydroxyl groups excluding tert-OH is 1. The third-order valence-electron chi connectivity index (χ3n) is 4.11. The minimum Gasteiger partial charge on any atom is -0.383 e. The standard InChI is InChI=1S/C17H20NO2P.ClH/c19-17(16-12-7-13-18-16)21(20,14-8-3-1-4-9-14)15-10-5-2-6-11-15;/h1-6,8-11,16-19H,7,12-13H2;1H/t16-,17+;/m0./s1. The first kappa shape index (κ1) is 17.2. The van der Waals surface area contributed by atoms with Gasteiger partial charge in [-0.3, -0.25) is 0 Å². The molecule has 1 aliphatic heterocycles. The van der Waals surface area contributed by atoms with Crippen LogP contribution >= 0.6 is 19.5 Å². The van der Waals surface area contributed by atoms with Crippen molar-refractivity contribution in [2.75, 3.05) is 6.54 Å². The summed E-state index contributed by atoms with van der Waals surface area (Å²) in [4.78, 5) is 0. The molecule has 0 saturated carbocycles. The van der Waals surface area contributed by atoms with Gasteiger partial charge in [-0.2, -0.15) is 0 Å². The van der Waals surface area contributed by atoms with Crippen LogP contribution in [0.4, 0.5) is 0 Å². The molecule has 1 fully saturated rings. The molecule has 2 aromatic carbocycles. The molecule has 2 atom stereocenters. The molecule has 5 heteroatoms. The highest BCUT2D eigenvalue weighted by Gasteiger charge is 2.41. The first-order chi connectivity index (χ1) is 10.2. The Labute approximate surface area is 137 Å². The lowest BCUT2D eigenvalue weighted by Gasteiger charge is -2.29. The van der Waals surface area contributed by atoms with E-state index in [9.17, 15) is 9.67 Å². The molecule has 2 aromatic rings. The van der Waals surface area contributed by atoms with Gasteiger partial charge in [0.05, 0.1) is 0 Å². The maximum Gasteiger partial charge on any atom is 0.171 e. The fourth-order valence-corrected chi connectivity index (χ4v) is 5.87. The van der Waals surface area contributed by atoms with E-state index in [-0.39, 0.29) is 18.4 Å². The highest BCUT2D eigenvalue weighted by atomic mass is 35.5. The van der Waals surface area contributed by atoms with Gasteiger partial charge in [-0.25, -0.2) is 0 Å². The Kier molecular flexibility index (Phi) is 5.82. The minimum absolute atomic E-state index is 0. The van der Waals surface area contributed by atoms with E-state index < -0.39 is 13.0 Å². The molecule has 1 saturated heterocycles. The predicted molar refractivity (Wildman–Crippen MR) is 94.0 cm³/mol. The molecule has 22 heavy (non-hydrogen) atoms. The SMILES string of the molecule is Cl.O=P(c1ccccc1)(c1ccccc1)[C@@H](O)[C@@H]1CCCN1. The van der Waals surface area contributed by atoms with E-state index in [1.54, 1.807) is 0 Å². The Morgan fingerprint density at radius 1 is 1.00 bits per heavy atom. The minimum atomic E-state index is -3.07. The van der Waals surface area contributed by atoms with Gasteiger partial charge in [0.25, 0.3) is 0 Å². The Bertz CT molecular complexity index is 586. The lowest BCUT2D eigenvalue weighted by molar-refractivity contribution is 0.209. The van der Waals surface area contributed by atoms with E-state index in [1.807, 2.05) is 60.7 Å². The van der Waals surface area contributed by atoms with Crippen LogP contribution in [0.5, 0.6) is 0 Å². The Balaban J connectivity index is 0.00000176. The number of aliphatic hydroxyl groups is 1. The van der Waals surface area contributed by atoms with Crippen molar-refractivity contribution < 1.29 is 9.67 Å². The van der Waals surface area contributed by atoms with Gasteiger partial charge in [-0.1, -0.05) is 60.7 Å². The van der Waals surface area contributed by atoms with E-state index in [4.69, 9.17) is 0 Å². The molecule has 0 spiro atoms. The third kappa shape index (κ3) is 3.13. The molecule has 0 aromatic heterocycles. The zero-order valence-corrected chi connectivity index (χ0v) is 14.0. The van der Waals surface area contributed by atoms with E-state index in [2.05, 4.69) is 5.32 Å². The van der Waals surface area contributed by atoms with Gasteiger partial charge in [0.15, 0.2) is 7.14 Å². The van der Waals surface area contributed by atoms with Crippen LogP contribution < -0.4 is 15.9 Å². The number of halogens is 1. The van der Waals surface area contributed by atoms with Crippen molar-refractivity contribution in [3.8, 4) is 0 Å². The van der Waals surface area contributed by atoms with Crippen LogP contribution in [0.2, 0.25) is 0 Å². The summed E-state index contributed by atoms with van der Waals surface area (Å²) in [6, 6.07) is 18.6. The molecule has 0 bridgehead atoms. The zero-order valence-electron chi connectivity index (χ0n) is 12.3.